The van der Waals surface area contributed by atoms with E-state index in [1.54, 1.807) is 0 Å². The van der Waals surface area contributed by atoms with Crippen molar-refractivity contribution in [2.45, 2.75) is 39.0 Å². The van der Waals surface area contributed by atoms with Gasteiger partial charge in [0.15, 0.2) is 5.13 Å². The van der Waals surface area contributed by atoms with Gasteiger partial charge in [0.2, 0.25) is 5.91 Å². The molecule has 0 atom stereocenters. The number of anilines is 1. The normalized spacial score (nSPS) is 18.7. The summed E-state index contributed by atoms with van der Waals surface area (Å²) in [4.78, 5) is 21.5. The second-order valence-electron chi connectivity index (χ2n) is 7.54. The number of rotatable bonds is 5. The number of carbonyl (C=O) groups excluding carboxylic acids is 1. The Morgan fingerprint density at radius 3 is 2.72 bits per heavy atom. The van der Waals surface area contributed by atoms with E-state index in [1.807, 2.05) is 23.3 Å². The summed E-state index contributed by atoms with van der Waals surface area (Å²) in [7, 11) is 1.98. The van der Waals surface area contributed by atoms with Crippen LogP contribution in [0.15, 0.2) is 18.2 Å². The lowest BCUT2D eigenvalue weighted by atomic mass is 9.96. The van der Waals surface area contributed by atoms with Crippen LogP contribution in [0.4, 0.5) is 5.13 Å². The molecule has 1 amide bonds. The number of amides is 1. The molecule has 1 saturated carbocycles. The molecule has 2 aliphatic rings. The van der Waals surface area contributed by atoms with Crippen LogP contribution in [-0.2, 0) is 11.2 Å². The van der Waals surface area contributed by atoms with Crippen molar-refractivity contribution in [3.8, 4) is 0 Å². The molecule has 0 spiro atoms. The first kappa shape index (κ1) is 16.8. The summed E-state index contributed by atoms with van der Waals surface area (Å²) in [5.74, 6) is 1.32. The molecule has 1 aromatic heterocycles. The maximum atomic E-state index is 12.1. The molecule has 2 fully saturated rings. The van der Waals surface area contributed by atoms with Crippen molar-refractivity contribution in [2.24, 2.45) is 11.8 Å². The molecule has 0 N–H and O–H groups in total. The second-order valence-corrected chi connectivity index (χ2v) is 8.55. The first-order valence-corrected chi connectivity index (χ1v) is 10.4. The number of aryl methyl sites for hydroxylation is 1. The van der Waals surface area contributed by atoms with Crippen molar-refractivity contribution >= 4 is 32.6 Å². The number of aromatic nitrogens is 1. The summed E-state index contributed by atoms with van der Waals surface area (Å²) in [6, 6.07) is 6.51. The summed E-state index contributed by atoms with van der Waals surface area (Å²) >= 11 is 1.82. The number of fused-ring (bicyclic) bond motifs is 1. The van der Waals surface area contributed by atoms with Gasteiger partial charge in [-0.05, 0) is 49.7 Å². The standard InChI is InChI=1S/C20H27N3OS/c1-3-15-5-4-6-17-18(15)21-20(25-17)23-11-9-14(10-12-23)13-22(2)19(24)16-7-8-16/h4-6,14,16H,3,7-13H2,1-2H3. The average molecular weight is 358 g/mol. The number of para-hydroxylation sites is 1. The number of benzene rings is 1. The van der Waals surface area contributed by atoms with Crippen LogP contribution in [0.1, 0.15) is 38.2 Å². The minimum Gasteiger partial charge on any atom is -0.348 e. The maximum Gasteiger partial charge on any atom is 0.225 e. The first-order valence-electron chi connectivity index (χ1n) is 9.54. The van der Waals surface area contributed by atoms with E-state index in [4.69, 9.17) is 4.98 Å². The van der Waals surface area contributed by atoms with Gasteiger partial charge in [-0.25, -0.2) is 4.98 Å². The third-order valence-electron chi connectivity index (χ3n) is 5.59. The van der Waals surface area contributed by atoms with Crippen LogP contribution in [0, 0.1) is 11.8 Å². The molecule has 0 radical (unpaired) electrons. The fourth-order valence-corrected chi connectivity index (χ4v) is 4.91. The predicted octanol–water partition coefficient (Wildman–Crippen LogP) is 3.94. The molecule has 5 heteroatoms. The topological polar surface area (TPSA) is 36.4 Å². The van der Waals surface area contributed by atoms with E-state index in [2.05, 4.69) is 30.0 Å². The summed E-state index contributed by atoms with van der Waals surface area (Å²) in [5.41, 5.74) is 2.52. The van der Waals surface area contributed by atoms with Crippen LogP contribution in [0.3, 0.4) is 0 Å². The Labute approximate surface area is 153 Å². The molecule has 4 rings (SSSR count). The molecule has 0 bridgehead atoms. The van der Waals surface area contributed by atoms with Crippen LogP contribution >= 0.6 is 11.3 Å². The zero-order valence-electron chi connectivity index (χ0n) is 15.2. The quantitative estimate of drug-likeness (QED) is 0.813. The molecular formula is C20H27N3OS. The Bertz CT molecular complexity index is 759. The van der Waals surface area contributed by atoms with E-state index in [-0.39, 0.29) is 0 Å². The van der Waals surface area contributed by atoms with Crippen LogP contribution in [0.2, 0.25) is 0 Å². The van der Waals surface area contributed by atoms with Gasteiger partial charge in [-0.15, -0.1) is 0 Å². The molecule has 1 aromatic carbocycles. The molecule has 0 unspecified atom stereocenters. The minimum absolute atomic E-state index is 0.334. The maximum absolute atomic E-state index is 12.1. The fourth-order valence-electron chi connectivity index (χ4n) is 3.84. The van der Waals surface area contributed by atoms with E-state index in [1.165, 1.54) is 15.8 Å². The zero-order valence-corrected chi connectivity index (χ0v) is 16.0. The molecule has 2 heterocycles. The van der Waals surface area contributed by atoms with E-state index >= 15 is 0 Å². The molecule has 25 heavy (non-hydrogen) atoms. The monoisotopic (exact) mass is 357 g/mol. The lowest BCUT2D eigenvalue weighted by Gasteiger charge is -2.33. The lowest BCUT2D eigenvalue weighted by Crippen LogP contribution is -2.39. The Morgan fingerprint density at radius 2 is 2.04 bits per heavy atom. The summed E-state index contributed by atoms with van der Waals surface area (Å²) in [6.07, 6.45) is 5.53. The number of carbonyl (C=O) groups is 1. The van der Waals surface area contributed by atoms with Crippen molar-refractivity contribution in [2.75, 3.05) is 31.6 Å². The van der Waals surface area contributed by atoms with Gasteiger partial charge in [0.25, 0.3) is 0 Å². The van der Waals surface area contributed by atoms with Crippen LogP contribution in [0.5, 0.6) is 0 Å². The Balaban J connectivity index is 1.37. The molecule has 1 saturated heterocycles. The van der Waals surface area contributed by atoms with Crippen LogP contribution < -0.4 is 4.90 Å². The summed E-state index contributed by atoms with van der Waals surface area (Å²) in [6.45, 7) is 5.22. The average Bonchev–Trinajstić information content (AvgIpc) is 3.39. The largest absolute Gasteiger partial charge is 0.348 e. The first-order chi connectivity index (χ1) is 12.2. The molecule has 2 aromatic rings. The van der Waals surface area contributed by atoms with Crippen LogP contribution in [0.25, 0.3) is 10.2 Å². The van der Waals surface area contributed by atoms with Gasteiger partial charge in [-0.1, -0.05) is 30.4 Å². The SMILES string of the molecule is CCc1cccc2sc(N3CCC(CN(C)C(=O)C4CC4)CC3)nc12. The number of hydrogen-bond acceptors (Lipinski definition) is 4. The Hall–Kier alpha value is -1.62. The second kappa shape index (κ2) is 6.94. The zero-order chi connectivity index (χ0) is 17.4. The number of thiazole rings is 1. The van der Waals surface area contributed by atoms with Gasteiger partial charge in [0.1, 0.15) is 0 Å². The van der Waals surface area contributed by atoms with Crippen molar-refractivity contribution < 1.29 is 4.79 Å². The third-order valence-corrected chi connectivity index (χ3v) is 6.67. The van der Waals surface area contributed by atoms with E-state index in [9.17, 15) is 4.79 Å². The van der Waals surface area contributed by atoms with E-state index < -0.39 is 0 Å². The van der Waals surface area contributed by atoms with Crippen molar-refractivity contribution in [1.82, 2.24) is 9.88 Å². The van der Waals surface area contributed by atoms with E-state index in [0.717, 1.165) is 56.9 Å². The lowest BCUT2D eigenvalue weighted by molar-refractivity contribution is -0.131. The van der Waals surface area contributed by atoms with Crippen molar-refractivity contribution in [1.29, 1.82) is 0 Å². The summed E-state index contributed by atoms with van der Waals surface area (Å²) in [5, 5.41) is 1.16. The minimum atomic E-state index is 0.334. The third kappa shape index (κ3) is 3.52. The van der Waals surface area contributed by atoms with Gasteiger partial charge in [-0.3, -0.25) is 4.79 Å². The number of piperidine rings is 1. The highest BCUT2D eigenvalue weighted by Crippen LogP contribution is 2.34. The van der Waals surface area contributed by atoms with Gasteiger partial charge in [0.05, 0.1) is 10.2 Å². The van der Waals surface area contributed by atoms with Crippen LogP contribution in [-0.4, -0.2) is 42.5 Å². The van der Waals surface area contributed by atoms with E-state index in [0.29, 0.717) is 17.7 Å². The van der Waals surface area contributed by atoms with Gasteiger partial charge < -0.3 is 9.80 Å². The fraction of sp³-hybridized carbons (Fsp3) is 0.600. The molecular weight excluding hydrogens is 330 g/mol. The summed E-state index contributed by atoms with van der Waals surface area (Å²) < 4.78 is 1.30. The highest BCUT2D eigenvalue weighted by molar-refractivity contribution is 7.22. The highest BCUT2D eigenvalue weighted by Gasteiger charge is 2.33. The molecule has 1 aliphatic carbocycles. The Morgan fingerprint density at radius 1 is 1.28 bits per heavy atom. The predicted molar refractivity (Wildman–Crippen MR) is 104 cm³/mol. The van der Waals surface area contributed by atoms with Gasteiger partial charge >= 0.3 is 0 Å². The highest BCUT2D eigenvalue weighted by atomic mass is 32.1. The smallest absolute Gasteiger partial charge is 0.225 e. The Kier molecular flexibility index (Phi) is 4.67. The van der Waals surface area contributed by atoms with Gasteiger partial charge in [0, 0.05) is 32.6 Å². The van der Waals surface area contributed by atoms with Crippen molar-refractivity contribution in [3.63, 3.8) is 0 Å². The number of hydrogen-bond donors (Lipinski definition) is 0. The van der Waals surface area contributed by atoms with Gasteiger partial charge in [-0.2, -0.15) is 0 Å². The van der Waals surface area contributed by atoms with Crippen molar-refractivity contribution in [3.05, 3.63) is 23.8 Å². The number of nitrogens with zero attached hydrogens (tertiary/aromatic N) is 3. The molecule has 134 valence electrons. The molecule has 1 aliphatic heterocycles. The molecule has 4 nitrogen and oxygen atoms in total.